The molecule has 2 atom stereocenters. The summed E-state index contributed by atoms with van der Waals surface area (Å²) in [6, 6.07) is 4.49. The zero-order valence-corrected chi connectivity index (χ0v) is 15.2. The Kier molecular flexibility index (Phi) is 5.56. The number of nitrogens with one attached hydrogen (secondary N) is 1. The quantitative estimate of drug-likeness (QED) is 0.800. The number of aromatic nitrogens is 3. The van der Waals surface area contributed by atoms with E-state index < -0.39 is 5.60 Å². The Morgan fingerprint density at radius 3 is 2.80 bits per heavy atom. The number of nitrogens with zero attached hydrogens (tertiary/aromatic N) is 3. The Morgan fingerprint density at radius 2 is 2.08 bits per heavy atom. The van der Waals surface area contributed by atoms with Gasteiger partial charge in [-0.05, 0) is 38.8 Å². The van der Waals surface area contributed by atoms with E-state index in [2.05, 4.69) is 15.6 Å². The molecule has 0 spiro atoms. The van der Waals surface area contributed by atoms with Crippen molar-refractivity contribution in [3.63, 3.8) is 0 Å². The Labute approximate surface area is 148 Å². The van der Waals surface area contributed by atoms with Crippen LogP contribution in [0.5, 0.6) is 0 Å². The molecule has 0 saturated heterocycles. The third-order valence-corrected chi connectivity index (χ3v) is 4.75. The normalized spacial score (nSPS) is 21.6. The van der Waals surface area contributed by atoms with Crippen LogP contribution in [0.2, 0.25) is 0 Å². The molecule has 0 aliphatic heterocycles. The number of methoxy groups -OCH3 is 1. The number of aliphatic hydroxyl groups is 1. The summed E-state index contributed by atoms with van der Waals surface area (Å²) >= 11 is 0. The first-order valence-electron chi connectivity index (χ1n) is 8.92. The van der Waals surface area contributed by atoms with E-state index in [4.69, 9.17) is 9.15 Å². The van der Waals surface area contributed by atoms with E-state index in [1.165, 1.54) is 12.8 Å². The lowest BCUT2D eigenvalue weighted by molar-refractivity contribution is 0.0736. The van der Waals surface area contributed by atoms with Crippen molar-refractivity contribution in [1.82, 2.24) is 20.3 Å². The highest BCUT2D eigenvalue weighted by Crippen LogP contribution is 2.29. The number of rotatable bonds is 7. The second-order valence-electron chi connectivity index (χ2n) is 7.28. The molecule has 1 aliphatic rings. The molecule has 0 unspecified atom stereocenters. The highest BCUT2D eigenvalue weighted by atomic mass is 16.5. The van der Waals surface area contributed by atoms with Gasteiger partial charge in [-0.2, -0.15) is 0 Å². The Bertz CT molecular complexity index is 674. The first-order valence-corrected chi connectivity index (χ1v) is 8.92. The minimum atomic E-state index is -0.970. The molecular weight excluding hydrogens is 320 g/mol. The van der Waals surface area contributed by atoms with Crippen LogP contribution in [0.15, 0.2) is 22.7 Å². The minimum absolute atomic E-state index is 0.241. The molecule has 2 N–H and O–H groups in total. The fourth-order valence-corrected chi connectivity index (χ4v) is 3.35. The third-order valence-electron chi connectivity index (χ3n) is 4.75. The highest BCUT2D eigenvalue weighted by Gasteiger charge is 2.29. The summed E-state index contributed by atoms with van der Waals surface area (Å²) in [6.45, 7) is 4.63. The van der Waals surface area contributed by atoms with E-state index in [1.54, 1.807) is 21.0 Å². The molecule has 2 heterocycles. The van der Waals surface area contributed by atoms with Gasteiger partial charge in [-0.15, -0.1) is 5.10 Å². The highest BCUT2D eigenvalue weighted by molar-refractivity contribution is 5.07. The van der Waals surface area contributed by atoms with E-state index in [-0.39, 0.29) is 6.04 Å². The standard InChI is InChI=1S/C18H28N4O3/c1-18(2,23)17-11-22(21-20-17)16-7-5-4-6-15(16)19-10-13-8-9-14(25-13)12-24-3/h8-9,11,15-16,19,23H,4-7,10,12H2,1-3H3/t15-,16+/m0/s1. The van der Waals surface area contributed by atoms with Crippen molar-refractivity contribution in [2.45, 2.75) is 70.4 Å². The molecule has 1 saturated carbocycles. The zero-order chi connectivity index (χ0) is 17.9. The SMILES string of the molecule is COCc1ccc(CN[C@H]2CCCC[C@H]2n2cc(C(C)(C)O)nn2)o1. The first-order chi connectivity index (χ1) is 12.0. The Hall–Kier alpha value is -1.70. The second-order valence-corrected chi connectivity index (χ2v) is 7.28. The second kappa shape index (κ2) is 7.68. The Morgan fingerprint density at radius 1 is 1.32 bits per heavy atom. The lowest BCUT2D eigenvalue weighted by Crippen LogP contribution is -2.39. The van der Waals surface area contributed by atoms with Crippen molar-refractivity contribution in [3.8, 4) is 0 Å². The summed E-state index contributed by atoms with van der Waals surface area (Å²) in [5, 5.41) is 22.1. The molecule has 0 amide bonds. The van der Waals surface area contributed by atoms with E-state index in [0.717, 1.165) is 24.4 Å². The average molecular weight is 348 g/mol. The molecule has 0 aromatic carbocycles. The number of hydrogen-bond donors (Lipinski definition) is 2. The maximum atomic E-state index is 10.1. The molecule has 0 bridgehead atoms. The van der Waals surface area contributed by atoms with Crippen molar-refractivity contribution in [1.29, 1.82) is 0 Å². The van der Waals surface area contributed by atoms with Crippen LogP contribution >= 0.6 is 0 Å². The number of furan rings is 1. The monoisotopic (exact) mass is 348 g/mol. The summed E-state index contributed by atoms with van der Waals surface area (Å²) < 4.78 is 12.7. The van der Waals surface area contributed by atoms with Gasteiger partial charge < -0.3 is 19.6 Å². The van der Waals surface area contributed by atoms with E-state index in [0.29, 0.717) is 24.9 Å². The number of hydrogen-bond acceptors (Lipinski definition) is 6. The smallest absolute Gasteiger partial charge is 0.129 e. The molecule has 138 valence electrons. The fraction of sp³-hybridized carbons (Fsp3) is 0.667. The topological polar surface area (TPSA) is 85.3 Å². The largest absolute Gasteiger partial charge is 0.462 e. The summed E-state index contributed by atoms with van der Waals surface area (Å²) in [5.41, 5.74) is -0.367. The van der Waals surface area contributed by atoms with Crippen molar-refractivity contribution >= 4 is 0 Å². The van der Waals surface area contributed by atoms with E-state index in [1.807, 2.05) is 23.0 Å². The molecule has 7 heteroatoms. The lowest BCUT2D eigenvalue weighted by Gasteiger charge is -2.32. The van der Waals surface area contributed by atoms with Gasteiger partial charge in [0.1, 0.15) is 29.4 Å². The van der Waals surface area contributed by atoms with Crippen LogP contribution in [0.4, 0.5) is 0 Å². The maximum Gasteiger partial charge on any atom is 0.129 e. The summed E-state index contributed by atoms with van der Waals surface area (Å²) in [4.78, 5) is 0. The molecular formula is C18H28N4O3. The molecule has 1 fully saturated rings. The molecule has 25 heavy (non-hydrogen) atoms. The van der Waals surface area contributed by atoms with Crippen molar-refractivity contribution in [3.05, 3.63) is 35.5 Å². The number of ether oxygens (including phenoxy) is 1. The van der Waals surface area contributed by atoms with Gasteiger partial charge in [-0.1, -0.05) is 18.1 Å². The van der Waals surface area contributed by atoms with Gasteiger partial charge in [-0.25, -0.2) is 4.68 Å². The van der Waals surface area contributed by atoms with Gasteiger partial charge in [0, 0.05) is 13.2 Å². The molecule has 2 aromatic heterocycles. The van der Waals surface area contributed by atoms with Gasteiger partial charge in [0.25, 0.3) is 0 Å². The van der Waals surface area contributed by atoms with Crippen molar-refractivity contribution in [2.24, 2.45) is 0 Å². The van der Waals surface area contributed by atoms with Crippen LogP contribution in [0.25, 0.3) is 0 Å². The van der Waals surface area contributed by atoms with E-state index >= 15 is 0 Å². The van der Waals surface area contributed by atoms with Gasteiger partial charge in [0.05, 0.1) is 18.8 Å². The van der Waals surface area contributed by atoms with Crippen molar-refractivity contribution < 1.29 is 14.3 Å². The molecule has 7 nitrogen and oxygen atoms in total. The Balaban J connectivity index is 1.65. The average Bonchev–Trinajstić information content (AvgIpc) is 3.22. The van der Waals surface area contributed by atoms with E-state index in [9.17, 15) is 5.11 Å². The van der Waals surface area contributed by atoms with Gasteiger partial charge >= 0.3 is 0 Å². The van der Waals surface area contributed by atoms with Crippen LogP contribution in [-0.2, 0) is 23.5 Å². The van der Waals surface area contributed by atoms with Gasteiger partial charge in [0.2, 0.25) is 0 Å². The zero-order valence-electron chi connectivity index (χ0n) is 15.2. The van der Waals surface area contributed by atoms with Crippen LogP contribution < -0.4 is 5.32 Å². The van der Waals surface area contributed by atoms with Crippen LogP contribution in [0, 0.1) is 0 Å². The maximum absolute atomic E-state index is 10.1. The third kappa shape index (κ3) is 4.48. The lowest BCUT2D eigenvalue weighted by atomic mass is 9.90. The van der Waals surface area contributed by atoms with Crippen LogP contribution in [0.1, 0.15) is 62.8 Å². The van der Waals surface area contributed by atoms with Crippen molar-refractivity contribution in [2.75, 3.05) is 7.11 Å². The predicted octanol–water partition coefficient (Wildman–Crippen LogP) is 2.52. The first kappa shape index (κ1) is 18.1. The van der Waals surface area contributed by atoms with Gasteiger partial charge in [0.15, 0.2) is 0 Å². The van der Waals surface area contributed by atoms with Crippen LogP contribution in [0.3, 0.4) is 0 Å². The predicted molar refractivity (Wildman–Crippen MR) is 92.8 cm³/mol. The van der Waals surface area contributed by atoms with Crippen LogP contribution in [-0.4, -0.2) is 33.3 Å². The molecule has 1 aliphatic carbocycles. The summed E-state index contributed by atoms with van der Waals surface area (Å²) in [7, 11) is 1.66. The molecule has 0 radical (unpaired) electrons. The summed E-state index contributed by atoms with van der Waals surface area (Å²) in [6.07, 6.45) is 6.40. The summed E-state index contributed by atoms with van der Waals surface area (Å²) in [5.74, 6) is 1.75. The minimum Gasteiger partial charge on any atom is -0.462 e. The fourth-order valence-electron chi connectivity index (χ4n) is 3.35. The molecule has 3 rings (SSSR count). The molecule has 2 aromatic rings. The van der Waals surface area contributed by atoms with Gasteiger partial charge in [-0.3, -0.25) is 0 Å².